The van der Waals surface area contributed by atoms with Crippen LogP contribution >= 0.6 is 27.0 Å². The molecular formula is C4H8N2S2. The van der Waals surface area contributed by atoms with E-state index in [0.717, 1.165) is 0 Å². The minimum Gasteiger partial charge on any atom is -0.245 e. The van der Waals surface area contributed by atoms with Gasteiger partial charge in [-0.25, -0.2) is 9.97 Å². The molecule has 0 radical (unpaired) electrons. The van der Waals surface area contributed by atoms with Gasteiger partial charge in [0.15, 0.2) is 0 Å². The van der Waals surface area contributed by atoms with Crippen LogP contribution in [0.25, 0.3) is 0 Å². The number of rotatable bonds is 0. The molecule has 1 rings (SSSR count). The molecule has 0 amide bonds. The van der Waals surface area contributed by atoms with Crippen molar-refractivity contribution in [3.8, 4) is 0 Å². The van der Waals surface area contributed by atoms with Crippen LogP contribution in [0.3, 0.4) is 0 Å². The van der Waals surface area contributed by atoms with E-state index in [2.05, 4.69) is 9.97 Å². The summed E-state index contributed by atoms with van der Waals surface area (Å²) in [5, 5.41) is 0. The van der Waals surface area contributed by atoms with Crippen molar-refractivity contribution in [3.63, 3.8) is 0 Å². The van der Waals surface area contributed by atoms with E-state index in [1.54, 1.807) is 18.5 Å². The first kappa shape index (κ1) is 10.7. The first-order valence-electron chi connectivity index (χ1n) is 1.70. The second-order valence-electron chi connectivity index (χ2n) is 0.904. The normalized spacial score (nSPS) is 6.00. The van der Waals surface area contributed by atoms with Gasteiger partial charge in [0, 0.05) is 12.4 Å². The summed E-state index contributed by atoms with van der Waals surface area (Å²) in [6.07, 6.45) is 4.88. The Hall–Kier alpha value is -0.220. The molecule has 0 unspecified atom stereocenters. The van der Waals surface area contributed by atoms with Gasteiger partial charge in [-0.05, 0) is 6.07 Å². The smallest absolute Gasteiger partial charge is 0.115 e. The van der Waals surface area contributed by atoms with Gasteiger partial charge < -0.3 is 0 Å². The van der Waals surface area contributed by atoms with E-state index in [1.165, 1.54) is 6.33 Å². The Morgan fingerprint density at radius 3 is 1.50 bits per heavy atom. The predicted octanol–water partition coefficient (Wildman–Crippen LogP) is 0.702. The van der Waals surface area contributed by atoms with E-state index in [0.29, 0.717) is 0 Å². The van der Waals surface area contributed by atoms with Crippen LogP contribution < -0.4 is 0 Å². The SMILES string of the molecule is S.S.c1cncnc1. The zero-order valence-electron chi connectivity index (χ0n) is 4.20. The van der Waals surface area contributed by atoms with Crippen LogP contribution in [-0.4, -0.2) is 9.97 Å². The molecule has 0 saturated heterocycles. The molecular weight excluding hydrogens is 140 g/mol. The molecule has 0 aliphatic heterocycles. The monoisotopic (exact) mass is 148 g/mol. The van der Waals surface area contributed by atoms with E-state index < -0.39 is 0 Å². The van der Waals surface area contributed by atoms with Gasteiger partial charge in [0.2, 0.25) is 0 Å². The van der Waals surface area contributed by atoms with Crippen LogP contribution in [0.1, 0.15) is 0 Å². The van der Waals surface area contributed by atoms with Gasteiger partial charge in [0.1, 0.15) is 6.33 Å². The highest BCUT2D eigenvalue weighted by Crippen LogP contribution is 1.66. The summed E-state index contributed by atoms with van der Waals surface area (Å²) in [5.41, 5.74) is 0. The lowest BCUT2D eigenvalue weighted by Crippen LogP contribution is -1.66. The van der Waals surface area contributed by atoms with Gasteiger partial charge >= 0.3 is 0 Å². The third-order valence-corrected chi connectivity index (χ3v) is 0.478. The molecule has 46 valence electrons. The van der Waals surface area contributed by atoms with E-state index in [9.17, 15) is 0 Å². The fraction of sp³-hybridized carbons (Fsp3) is 0. The maximum atomic E-state index is 3.67. The van der Waals surface area contributed by atoms with Crippen LogP contribution in [0.15, 0.2) is 24.8 Å². The Labute approximate surface area is 62.3 Å². The fourth-order valence-electron chi connectivity index (χ4n) is 0.253. The average molecular weight is 148 g/mol. The van der Waals surface area contributed by atoms with E-state index in [4.69, 9.17) is 0 Å². The van der Waals surface area contributed by atoms with Crippen molar-refractivity contribution in [3.05, 3.63) is 24.8 Å². The molecule has 0 N–H and O–H groups in total. The summed E-state index contributed by atoms with van der Waals surface area (Å²) in [5.74, 6) is 0. The standard InChI is InChI=1S/C4H4N2.2H2S/c1-2-5-4-6-3-1;;/h1-4H;2*1H2. The average Bonchev–Trinajstić information content (AvgIpc) is 1.72. The van der Waals surface area contributed by atoms with Crippen LogP contribution in [-0.2, 0) is 0 Å². The molecule has 8 heavy (non-hydrogen) atoms. The maximum absolute atomic E-state index is 3.67. The molecule has 0 aromatic carbocycles. The minimum atomic E-state index is 0. The highest BCUT2D eigenvalue weighted by molar-refractivity contribution is 7.59. The lowest BCUT2D eigenvalue weighted by atomic mass is 10.7. The van der Waals surface area contributed by atoms with Gasteiger partial charge in [0.05, 0.1) is 0 Å². The molecule has 2 nitrogen and oxygen atoms in total. The van der Waals surface area contributed by atoms with Crippen molar-refractivity contribution in [1.29, 1.82) is 0 Å². The second kappa shape index (κ2) is 6.78. The van der Waals surface area contributed by atoms with Crippen molar-refractivity contribution in [2.24, 2.45) is 0 Å². The maximum Gasteiger partial charge on any atom is 0.115 e. The van der Waals surface area contributed by atoms with E-state index >= 15 is 0 Å². The van der Waals surface area contributed by atoms with Gasteiger partial charge in [-0.1, -0.05) is 0 Å². The molecule has 0 fully saturated rings. The zero-order valence-corrected chi connectivity index (χ0v) is 6.20. The Kier molecular flexibility index (Phi) is 9.07. The van der Waals surface area contributed by atoms with Crippen molar-refractivity contribution in [1.82, 2.24) is 9.97 Å². The summed E-state index contributed by atoms with van der Waals surface area (Å²) in [7, 11) is 0. The summed E-state index contributed by atoms with van der Waals surface area (Å²) >= 11 is 0. The topological polar surface area (TPSA) is 25.8 Å². The Morgan fingerprint density at radius 2 is 1.38 bits per heavy atom. The molecule has 1 aromatic heterocycles. The van der Waals surface area contributed by atoms with Crippen molar-refractivity contribution >= 4 is 27.0 Å². The number of hydrogen-bond donors (Lipinski definition) is 0. The molecule has 0 aliphatic carbocycles. The second-order valence-corrected chi connectivity index (χ2v) is 0.904. The summed E-state index contributed by atoms with van der Waals surface area (Å²) in [6, 6.07) is 1.78. The quantitative estimate of drug-likeness (QED) is 0.541. The van der Waals surface area contributed by atoms with Crippen LogP contribution in [0.4, 0.5) is 0 Å². The molecule has 0 spiro atoms. The highest BCUT2D eigenvalue weighted by atomic mass is 32.1. The highest BCUT2D eigenvalue weighted by Gasteiger charge is 1.59. The molecule has 0 bridgehead atoms. The third-order valence-electron chi connectivity index (χ3n) is 0.478. The molecule has 1 heterocycles. The first-order valence-corrected chi connectivity index (χ1v) is 1.70. The third kappa shape index (κ3) is 3.95. The van der Waals surface area contributed by atoms with Crippen molar-refractivity contribution < 1.29 is 0 Å². The largest absolute Gasteiger partial charge is 0.245 e. The van der Waals surface area contributed by atoms with E-state index in [1.807, 2.05) is 0 Å². The van der Waals surface area contributed by atoms with Gasteiger partial charge in [-0.15, -0.1) is 0 Å². The number of aromatic nitrogens is 2. The van der Waals surface area contributed by atoms with E-state index in [-0.39, 0.29) is 27.0 Å². The Morgan fingerprint density at radius 1 is 0.875 bits per heavy atom. The molecule has 0 atom stereocenters. The molecule has 1 aromatic rings. The minimum absolute atomic E-state index is 0. The van der Waals surface area contributed by atoms with Crippen LogP contribution in [0, 0.1) is 0 Å². The first-order chi connectivity index (χ1) is 3.00. The number of hydrogen-bond acceptors (Lipinski definition) is 2. The number of nitrogens with zero attached hydrogens (tertiary/aromatic N) is 2. The summed E-state index contributed by atoms with van der Waals surface area (Å²) < 4.78 is 0. The zero-order chi connectivity index (χ0) is 4.24. The van der Waals surface area contributed by atoms with Crippen molar-refractivity contribution in [2.45, 2.75) is 0 Å². The lowest BCUT2D eigenvalue weighted by Gasteiger charge is -1.70. The summed E-state index contributed by atoms with van der Waals surface area (Å²) in [6.45, 7) is 0. The molecule has 0 saturated carbocycles. The van der Waals surface area contributed by atoms with Gasteiger partial charge in [0.25, 0.3) is 0 Å². The fourth-order valence-corrected chi connectivity index (χ4v) is 0.253. The van der Waals surface area contributed by atoms with Crippen LogP contribution in [0.2, 0.25) is 0 Å². The Balaban J connectivity index is 0. The molecule has 4 heteroatoms. The summed E-state index contributed by atoms with van der Waals surface area (Å²) in [4.78, 5) is 7.35. The van der Waals surface area contributed by atoms with Crippen molar-refractivity contribution in [2.75, 3.05) is 0 Å². The molecule has 0 aliphatic rings. The van der Waals surface area contributed by atoms with Crippen LogP contribution in [0.5, 0.6) is 0 Å². The van der Waals surface area contributed by atoms with Gasteiger partial charge in [-0.3, -0.25) is 0 Å². The predicted molar refractivity (Wildman–Crippen MR) is 42.8 cm³/mol. The Bertz CT molecular complexity index is 84.0. The lowest BCUT2D eigenvalue weighted by molar-refractivity contribution is 1.17. The van der Waals surface area contributed by atoms with Gasteiger partial charge in [-0.2, -0.15) is 27.0 Å².